The smallest absolute Gasteiger partial charge is 0.257 e. The summed E-state index contributed by atoms with van der Waals surface area (Å²) in [6.07, 6.45) is -0.905. The topological polar surface area (TPSA) is 98.8 Å². The molecule has 1 aromatic heterocycles. The molecule has 1 aromatic carbocycles. The van der Waals surface area contributed by atoms with E-state index in [2.05, 4.69) is 17.1 Å². The van der Waals surface area contributed by atoms with E-state index in [1.54, 1.807) is 23.6 Å². The van der Waals surface area contributed by atoms with E-state index in [0.717, 1.165) is 5.56 Å². The zero-order valence-electron chi connectivity index (χ0n) is 15.9. The first-order valence-electron chi connectivity index (χ1n) is 9.06. The lowest BCUT2D eigenvalue weighted by Crippen LogP contribution is -2.72. The minimum absolute atomic E-state index is 0.0186. The number of carbonyl (C=O) groups excluding carboxylic acids is 1. The molecule has 2 aromatic rings. The number of nitrogens with one attached hydrogen (secondary N) is 1. The van der Waals surface area contributed by atoms with E-state index in [0.29, 0.717) is 17.0 Å². The van der Waals surface area contributed by atoms with Gasteiger partial charge in [0.15, 0.2) is 0 Å². The highest BCUT2D eigenvalue weighted by atomic mass is 32.2. The lowest BCUT2D eigenvalue weighted by molar-refractivity contribution is -0.131. The van der Waals surface area contributed by atoms with Gasteiger partial charge in [0.25, 0.3) is 5.91 Å². The van der Waals surface area contributed by atoms with Crippen LogP contribution in [-0.4, -0.2) is 54.6 Å². The lowest BCUT2D eigenvalue weighted by atomic mass is 9.94. The van der Waals surface area contributed by atoms with Crippen molar-refractivity contribution in [3.8, 4) is 11.3 Å². The second-order valence-corrected chi connectivity index (χ2v) is 9.47. The van der Waals surface area contributed by atoms with Gasteiger partial charge in [-0.2, -0.15) is 0 Å². The third-order valence-corrected chi connectivity index (χ3v) is 6.97. The first kappa shape index (κ1) is 19.0. The number of aromatic nitrogens is 1. The molecule has 0 radical (unpaired) electrons. The number of rotatable bonds is 4. The Morgan fingerprint density at radius 1 is 1.36 bits per heavy atom. The molecule has 0 bridgehead atoms. The average molecular weight is 401 g/mol. The highest BCUT2D eigenvalue weighted by Crippen LogP contribution is 2.53. The first-order chi connectivity index (χ1) is 13.2. The SMILES string of the molecule is C=C(O)[C@@H]1N2C(O)[C@@H](NC(=O)c3c(-c4ccccc4)noc3C)[C@H]2SC1(C)C. The van der Waals surface area contributed by atoms with Crippen LogP contribution in [0.3, 0.4) is 0 Å². The molecular weight excluding hydrogens is 378 g/mol. The van der Waals surface area contributed by atoms with Gasteiger partial charge in [-0.3, -0.25) is 9.69 Å². The fraction of sp³-hybridized carbons (Fsp3) is 0.400. The van der Waals surface area contributed by atoms with Crippen LogP contribution in [0.2, 0.25) is 0 Å². The van der Waals surface area contributed by atoms with Gasteiger partial charge in [0.2, 0.25) is 0 Å². The summed E-state index contributed by atoms with van der Waals surface area (Å²) in [5, 5.41) is 27.4. The molecule has 3 N–H and O–H groups in total. The predicted molar refractivity (Wildman–Crippen MR) is 107 cm³/mol. The molecule has 7 nitrogen and oxygen atoms in total. The maximum absolute atomic E-state index is 13.0. The fourth-order valence-electron chi connectivity index (χ4n) is 4.11. The molecule has 2 fully saturated rings. The van der Waals surface area contributed by atoms with Crippen molar-refractivity contribution in [1.29, 1.82) is 0 Å². The fourth-order valence-corrected chi connectivity index (χ4v) is 5.84. The van der Waals surface area contributed by atoms with Gasteiger partial charge in [-0.25, -0.2) is 0 Å². The van der Waals surface area contributed by atoms with Crippen LogP contribution in [0.25, 0.3) is 11.3 Å². The highest BCUT2D eigenvalue weighted by molar-refractivity contribution is 8.01. The van der Waals surface area contributed by atoms with Gasteiger partial charge >= 0.3 is 0 Å². The van der Waals surface area contributed by atoms with Crippen molar-refractivity contribution >= 4 is 17.7 Å². The number of benzene rings is 1. The van der Waals surface area contributed by atoms with Crippen LogP contribution in [0.1, 0.15) is 30.0 Å². The van der Waals surface area contributed by atoms with Crippen LogP contribution >= 0.6 is 11.8 Å². The van der Waals surface area contributed by atoms with Crippen LogP contribution in [0.4, 0.5) is 0 Å². The van der Waals surface area contributed by atoms with E-state index in [9.17, 15) is 15.0 Å². The number of aliphatic hydroxyl groups is 2. The Kier molecular flexibility index (Phi) is 4.52. The molecule has 8 heteroatoms. The largest absolute Gasteiger partial charge is 0.511 e. The summed E-state index contributed by atoms with van der Waals surface area (Å²) in [7, 11) is 0. The molecule has 2 aliphatic rings. The molecule has 1 amide bonds. The Balaban J connectivity index is 1.57. The Morgan fingerprint density at radius 3 is 2.68 bits per heavy atom. The van der Waals surface area contributed by atoms with Gasteiger partial charge in [0, 0.05) is 10.3 Å². The molecule has 3 heterocycles. The van der Waals surface area contributed by atoms with Gasteiger partial charge in [-0.15, -0.1) is 11.8 Å². The van der Waals surface area contributed by atoms with E-state index in [-0.39, 0.29) is 27.8 Å². The van der Waals surface area contributed by atoms with Crippen LogP contribution in [0.15, 0.2) is 47.2 Å². The van der Waals surface area contributed by atoms with E-state index >= 15 is 0 Å². The number of hydrogen-bond acceptors (Lipinski definition) is 7. The van der Waals surface area contributed by atoms with Crippen molar-refractivity contribution in [3.63, 3.8) is 0 Å². The van der Waals surface area contributed by atoms with Crippen molar-refractivity contribution < 1.29 is 19.5 Å². The number of hydrogen-bond donors (Lipinski definition) is 3. The third kappa shape index (κ3) is 2.83. The molecule has 0 spiro atoms. The number of thioether (sulfide) groups is 1. The summed E-state index contributed by atoms with van der Waals surface area (Å²) in [5.74, 6) is 0.0964. The number of fused-ring (bicyclic) bond motifs is 1. The van der Waals surface area contributed by atoms with Crippen LogP contribution in [0.5, 0.6) is 0 Å². The molecule has 0 saturated carbocycles. The van der Waals surface area contributed by atoms with Crippen LogP contribution in [-0.2, 0) is 0 Å². The molecule has 4 rings (SSSR count). The third-order valence-electron chi connectivity index (χ3n) is 5.36. The molecule has 2 saturated heterocycles. The van der Waals surface area contributed by atoms with E-state index in [1.807, 2.05) is 44.2 Å². The number of aliphatic hydroxyl groups excluding tert-OH is 2. The molecule has 4 atom stereocenters. The second kappa shape index (κ2) is 6.65. The summed E-state index contributed by atoms with van der Waals surface area (Å²) >= 11 is 1.60. The monoisotopic (exact) mass is 401 g/mol. The Labute approximate surface area is 167 Å². The van der Waals surface area contributed by atoms with Gasteiger partial charge in [0.1, 0.15) is 29.0 Å². The minimum atomic E-state index is -0.905. The normalized spacial score (nSPS) is 28.4. The number of amides is 1. The Morgan fingerprint density at radius 2 is 2.04 bits per heavy atom. The van der Waals surface area contributed by atoms with Crippen molar-refractivity contribution in [3.05, 3.63) is 54.0 Å². The van der Waals surface area contributed by atoms with Gasteiger partial charge < -0.3 is 20.1 Å². The predicted octanol–water partition coefficient (Wildman–Crippen LogP) is 2.67. The Bertz CT molecular complexity index is 927. The van der Waals surface area contributed by atoms with E-state index in [4.69, 9.17) is 4.52 Å². The molecule has 2 aliphatic heterocycles. The van der Waals surface area contributed by atoms with Crippen molar-refractivity contribution in [2.24, 2.45) is 0 Å². The Hall–Kier alpha value is -2.29. The van der Waals surface area contributed by atoms with Crippen LogP contribution in [0, 0.1) is 6.92 Å². The van der Waals surface area contributed by atoms with Gasteiger partial charge in [-0.1, -0.05) is 42.1 Å². The summed E-state index contributed by atoms with van der Waals surface area (Å²) in [4.78, 5) is 14.8. The lowest BCUT2D eigenvalue weighted by Gasteiger charge is -2.50. The highest BCUT2D eigenvalue weighted by Gasteiger charge is 2.62. The zero-order valence-corrected chi connectivity index (χ0v) is 16.7. The van der Waals surface area contributed by atoms with E-state index < -0.39 is 12.3 Å². The van der Waals surface area contributed by atoms with Gasteiger partial charge in [0.05, 0.1) is 17.5 Å². The summed E-state index contributed by atoms with van der Waals surface area (Å²) in [6, 6.07) is 8.50. The minimum Gasteiger partial charge on any atom is -0.511 e. The number of nitrogens with zero attached hydrogens (tertiary/aromatic N) is 2. The summed E-state index contributed by atoms with van der Waals surface area (Å²) < 4.78 is 4.93. The van der Waals surface area contributed by atoms with Crippen LogP contribution < -0.4 is 5.32 Å². The quantitative estimate of drug-likeness (QED) is 0.678. The molecule has 148 valence electrons. The van der Waals surface area contributed by atoms with Gasteiger partial charge in [-0.05, 0) is 20.8 Å². The summed E-state index contributed by atoms with van der Waals surface area (Å²) in [6.45, 7) is 9.33. The number of aryl methyl sites for hydroxylation is 1. The summed E-state index contributed by atoms with van der Waals surface area (Å²) in [5.41, 5.74) is 1.62. The number of carbonyl (C=O) groups is 1. The van der Waals surface area contributed by atoms with Crippen molar-refractivity contribution in [1.82, 2.24) is 15.4 Å². The maximum Gasteiger partial charge on any atom is 0.257 e. The average Bonchev–Trinajstić information content (AvgIpc) is 3.15. The molecular formula is C20H23N3O4S. The van der Waals surface area contributed by atoms with E-state index in [1.165, 1.54) is 0 Å². The second-order valence-electron chi connectivity index (χ2n) is 7.69. The maximum atomic E-state index is 13.0. The molecule has 1 unspecified atom stereocenters. The molecule has 28 heavy (non-hydrogen) atoms. The van der Waals surface area contributed by atoms with Crippen molar-refractivity contribution in [2.45, 2.75) is 49.2 Å². The zero-order chi connectivity index (χ0) is 20.2. The molecule has 0 aliphatic carbocycles. The van der Waals surface area contributed by atoms with Crippen molar-refractivity contribution in [2.75, 3.05) is 0 Å². The first-order valence-corrected chi connectivity index (χ1v) is 9.94. The standard InChI is InChI=1S/C20H23N3O4S/c1-10(24)16-20(3,4)28-19-15(18(26)23(16)19)21-17(25)13-11(2)27-22-14(13)12-8-6-5-7-9-12/h5-9,15-16,18-19,24,26H,1H2,2-4H3,(H,21,25)/t15-,16+,18?,19-/m1/s1.